The van der Waals surface area contributed by atoms with Crippen LogP contribution in [0.25, 0.3) is 0 Å². The number of ketones is 1. The van der Waals surface area contributed by atoms with Crippen molar-refractivity contribution in [2.24, 2.45) is 5.92 Å². The second-order valence-electron chi connectivity index (χ2n) is 7.94. The Morgan fingerprint density at radius 3 is 1.85 bits per heavy atom. The Labute approximate surface area is 123 Å². The van der Waals surface area contributed by atoms with Crippen molar-refractivity contribution in [1.82, 2.24) is 0 Å². The van der Waals surface area contributed by atoms with E-state index in [2.05, 4.69) is 41.5 Å². The molecule has 0 aliphatic carbocycles. The van der Waals surface area contributed by atoms with Crippen molar-refractivity contribution in [2.45, 2.75) is 66.2 Å². The monoisotopic (exact) mass is 276 g/mol. The maximum atomic E-state index is 12.4. The number of phenols is 1. The van der Waals surface area contributed by atoms with Crippen LogP contribution in [0, 0.1) is 5.92 Å². The maximum absolute atomic E-state index is 12.4. The summed E-state index contributed by atoms with van der Waals surface area (Å²) >= 11 is 0. The topological polar surface area (TPSA) is 37.3 Å². The Hall–Kier alpha value is -1.31. The van der Waals surface area contributed by atoms with Gasteiger partial charge in [0, 0.05) is 11.5 Å². The van der Waals surface area contributed by atoms with Gasteiger partial charge in [-0.05, 0) is 22.5 Å². The average Bonchev–Trinajstić information content (AvgIpc) is 2.24. The zero-order valence-corrected chi connectivity index (χ0v) is 14.1. The van der Waals surface area contributed by atoms with Crippen LogP contribution in [-0.2, 0) is 10.8 Å². The summed E-state index contributed by atoms with van der Waals surface area (Å²) in [7, 11) is 0. The minimum atomic E-state index is -0.197. The molecule has 0 unspecified atom stereocenters. The third-order valence-corrected chi connectivity index (χ3v) is 3.57. The molecule has 0 aromatic heterocycles. The summed E-state index contributed by atoms with van der Waals surface area (Å²) in [5.41, 5.74) is 2.13. The van der Waals surface area contributed by atoms with Crippen molar-refractivity contribution in [2.75, 3.05) is 0 Å². The molecular formula is C18H28O2. The first-order chi connectivity index (χ1) is 8.85. The first-order valence-corrected chi connectivity index (χ1v) is 7.28. The van der Waals surface area contributed by atoms with Crippen molar-refractivity contribution in [3.05, 3.63) is 28.8 Å². The van der Waals surface area contributed by atoms with Gasteiger partial charge >= 0.3 is 0 Å². The fraction of sp³-hybridized carbons (Fsp3) is 0.611. The molecule has 2 heteroatoms. The molecule has 0 amide bonds. The summed E-state index contributed by atoms with van der Waals surface area (Å²) in [6, 6.07) is 3.89. The molecule has 0 bridgehead atoms. The van der Waals surface area contributed by atoms with Crippen molar-refractivity contribution in [3.8, 4) is 5.75 Å². The Kier molecular flexibility index (Phi) is 4.38. The lowest BCUT2D eigenvalue weighted by atomic mass is 9.78. The SMILES string of the molecule is CC(C)C(=O)c1cc(C(C)(C)C)cc(C(C)(C)C)c1O. The van der Waals surface area contributed by atoms with Gasteiger partial charge in [0.05, 0.1) is 5.56 Å². The summed E-state index contributed by atoms with van der Waals surface area (Å²) < 4.78 is 0. The molecule has 2 nitrogen and oxygen atoms in total. The minimum absolute atomic E-state index is 0.000833. The summed E-state index contributed by atoms with van der Waals surface area (Å²) in [5.74, 6) is 0.0206. The predicted octanol–water partition coefficient (Wildman–Crippen LogP) is 4.83. The number of aromatic hydroxyl groups is 1. The van der Waals surface area contributed by atoms with E-state index < -0.39 is 0 Å². The second kappa shape index (κ2) is 5.23. The van der Waals surface area contributed by atoms with Crippen LogP contribution in [0.2, 0.25) is 0 Å². The third-order valence-electron chi connectivity index (χ3n) is 3.57. The number of hydrogen-bond acceptors (Lipinski definition) is 2. The van der Waals surface area contributed by atoms with Crippen LogP contribution < -0.4 is 0 Å². The van der Waals surface area contributed by atoms with Crippen LogP contribution in [0.1, 0.15) is 76.9 Å². The Bertz CT molecular complexity index is 511. The highest BCUT2D eigenvalue weighted by Gasteiger charge is 2.27. The Morgan fingerprint density at radius 1 is 1.00 bits per heavy atom. The molecule has 0 fully saturated rings. The van der Waals surface area contributed by atoms with Gasteiger partial charge in [0.2, 0.25) is 0 Å². The molecule has 0 spiro atoms. The molecular weight excluding hydrogens is 248 g/mol. The van der Waals surface area contributed by atoms with Gasteiger partial charge < -0.3 is 5.11 Å². The van der Waals surface area contributed by atoms with E-state index in [0.29, 0.717) is 5.56 Å². The smallest absolute Gasteiger partial charge is 0.169 e. The maximum Gasteiger partial charge on any atom is 0.169 e. The summed E-state index contributed by atoms with van der Waals surface area (Å²) in [6.45, 7) is 16.2. The second-order valence-corrected chi connectivity index (χ2v) is 7.94. The summed E-state index contributed by atoms with van der Waals surface area (Å²) in [4.78, 5) is 12.4. The molecule has 0 aliphatic heterocycles. The number of carbonyl (C=O) groups is 1. The van der Waals surface area contributed by atoms with E-state index in [1.165, 1.54) is 0 Å². The van der Waals surface area contributed by atoms with Gasteiger partial charge in [0.15, 0.2) is 5.78 Å². The van der Waals surface area contributed by atoms with E-state index in [1.807, 2.05) is 26.0 Å². The quantitative estimate of drug-likeness (QED) is 0.786. The highest BCUT2D eigenvalue weighted by atomic mass is 16.3. The van der Waals surface area contributed by atoms with E-state index in [4.69, 9.17) is 0 Å². The van der Waals surface area contributed by atoms with Crippen LogP contribution in [0.4, 0.5) is 0 Å². The van der Waals surface area contributed by atoms with Crippen molar-refractivity contribution < 1.29 is 9.90 Å². The Balaban J connectivity index is 3.64. The first-order valence-electron chi connectivity index (χ1n) is 7.28. The highest BCUT2D eigenvalue weighted by molar-refractivity contribution is 6.00. The lowest BCUT2D eigenvalue weighted by molar-refractivity contribution is 0.0936. The molecule has 112 valence electrons. The minimum Gasteiger partial charge on any atom is -0.507 e. The molecule has 0 heterocycles. The average molecular weight is 276 g/mol. The van der Waals surface area contributed by atoms with Crippen LogP contribution in [0.5, 0.6) is 5.75 Å². The van der Waals surface area contributed by atoms with Gasteiger partial charge in [0.1, 0.15) is 5.75 Å². The zero-order valence-electron chi connectivity index (χ0n) is 14.1. The first kappa shape index (κ1) is 16.7. The van der Waals surface area contributed by atoms with E-state index in [9.17, 15) is 9.90 Å². The number of benzene rings is 1. The predicted molar refractivity (Wildman–Crippen MR) is 84.7 cm³/mol. The fourth-order valence-corrected chi connectivity index (χ4v) is 2.14. The molecule has 20 heavy (non-hydrogen) atoms. The number of hydrogen-bond donors (Lipinski definition) is 1. The molecule has 0 saturated heterocycles. The van der Waals surface area contributed by atoms with Gasteiger partial charge in [-0.1, -0.05) is 61.5 Å². The van der Waals surface area contributed by atoms with Crippen molar-refractivity contribution in [1.29, 1.82) is 0 Å². The summed E-state index contributed by atoms with van der Waals surface area (Å²) in [6.07, 6.45) is 0. The number of carbonyl (C=O) groups excluding carboxylic acids is 1. The van der Waals surface area contributed by atoms with E-state index in [-0.39, 0.29) is 28.3 Å². The fourth-order valence-electron chi connectivity index (χ4n) is 2.14. The normalized spacial score (nSPS) is 12.8. The lowest BCUT2D eigenvalue weighted by Crippen LogP contribution is -2.19. The molecule has 1 N–H and O–H groups in total. The van der Waals surface area contributed by atoms with E-state index in [1.54, 1.807) is 0 Å². The molecule has 0 saturated carbocycles. The molecule has 0 aliphatic rings. The van der Waals surface area contributed by atoms with Crippen LogP contribution in [0.15, 0.2) is 12.1 Å². The van der Waals surface area contributed by atoms with Crippen LogP contribution in [0.3, 0.4) is 0 Å². The summed E-state index contributed by atoms with van der Waals surface area (Å²) in [5, 5.41) is 10.5. The van der Waals surface area contributed by atoms with E-state index >= 15 is 0 Å². The largest absolute Gasteiger partial charge is 0.507 e. The van der Waals surface area contributed by atoms with Crippen molar-refractivity contribution in [3.63, 3.8) is 0 Å². The number of phenolic OH excluding ortho intramolecular Hbond substituents is 1. The van der Waals surface area contributed by atoms with Gasteiger partial charge in [-0.25, -0.2) is 0 Å². The van der Waals surface area contributed by atoms with Gasteiger partial charge in [-0.3, -0.25) is 4.79 Å². The molecule has 0 radical (unpaired) electrons. The highest BCUT2D eigenvalue weighted by Crippen LogP contribution is 2.38. The van der Waals surface area contributed by atoms with Gasteiger partial charge in [0.25, 0.3) is 0 Å². The zero-order chi connectivity index (χ0) is 15.9. The third kappa shape index (κ3) is 3.41. The number of Topliss-reactive ketones (excluding diaryl/α,β-unsaturated/α-hetero) is 1. The van der Waals surface area contributed by atoms with Crippen LogP contribution in [-0.4, -0.2) is 10.9 Å². The molecule has 1 rings (SSSR count). The molecule has 1 aromatic rings. The van der Waals surface area contributed by atoms with E-state index in [0.717, 1.165) is 11.1 Å². The standard InChI is InChI=1S/C18H28O2/c1-11(2)15(19)13-9-12(17(3,4)5)10-14(16(13)20)18(6,7)8/h9-11,20H,1-8H3. The lowest BCUT2D eigenvalue weighted by Gasteiger charge is -2.27. The van der Waals surface area contributed by atoms with Crippen LogP contribution >= 0.6 is 0 Å². The van der Waals surface area contributed by atoms with Gasteiger partial charge in [-0.2, -0.15) is 0 Å². The van der Waals surface area contributed by atoms with Crippen molar-refractivity contribution >= 4 is 5.78 Å². The van der Waals surface area contributed by atoms with Gasteiger partial charge in [-0.15, -0.1) is 0 Å². The molecule has 1 aromatic carbocycles. The molecule has 0 atom stereocenters. The number of rotatable bonds is 2. The Morgan fingerprint density at radius 2 is 1.50 bits per heavy atom.